The van der Waals surface area contributed by atoms with Gasteiger partial charge in [0.05, 0.1) is 25.3 Å². The van der Waals surface area contributed by atoms with Crippen LogP contribution in [0.4, 0.5) is 11.4 Å². The van der Waals surface area contributed by atoms with E-state index in [1.807, 2.05) is 54.6 Å². The molecule has 7 nitrogen and oxygen atoms in total. The summed E-state index contributed by atoms with van der Waals surface area (Å²) in [5.41, 5.74) is 2.95. The summed E-state index contributed by atoms with van der Waals surface area (Å²) < 4.78 is 5.17. The Hall–Kier alpha value is -3.97. The number of piperazine rings is 1. The molecular weight excluding hydrogens is 442 g/mol. The van der Waals surface area contributed by atoms with E-state index in [9.17, 15) is 14.4 Å². The van der Waals surface area contributed by atoms with E-state index in [1.165, 1.54) is 4.90 Å². The van der Waals surface area contributed by atoms with Crippen LogP contribution in [0.25, 0.3) is 0 Å². The fraction of sp³-hybridized carbons (Fsp3) is 0.250. The Balaban J connectivity index is 1.20. The van der Waals surface area contributed by atoms with Gasteiger partial charge in [-0.15, -0.1) is 0 Å². The molecule has 178 valence electrons. The van der Waals surface area contributed by atoms with Crippen molar-refractivity contribution >= 4 is 29.0 Å². The SMILES string of the molecule is COc1ccc(N2C(=O)C[C@@H](N3CCN(c4ccc(C(=O)c5ccccc5)cc4)CC3)C2=O)cc1. The van der Waals surface area contributed by atoms with E-state index in [2.05, 4.69) is 9.80 Å². The first-order valence-electron chi connectivity index (χ1n) is 11.7. The van der Waals surface area contributed by atoms with Crippen molar-refractivity contribution in [3.8, 4) is 5.75 Å². The van der Waals surface area contributed by atoms with Crippen molar-refractivity contribution in [2.75, 3.05) is 43.1 Å². The van der Waals surface area contributed by atoms with Crippen molar-refractivity contribution in [3.05, 3.63) is 90.0 Å². The highest BCUT2D eigenvalue weighted by Gasteiger charge is 2.43. The van der Waals surface area contributed by atoms with E-state index in [0.29, 0.717) is 35.7 Å². The van der Waals surface area contributed by atoms with Gasteiger partial charge in [-0.2, -0.15) is 0 Å². The number of ketones is 1. The van der Waals surface area contributed by atoms with Crippen molar-refractivity contribution in [3.63, 3.8) is 0 Å². The van der Waals surface area contributed by atoms with E-state index in [-0.39, 0.29) is 24.0 Å². The minimum absolute atomic E-state index is 0.00722. The van der Waals surface area contributed by atoms with Gasteiger partial charge in [-0.3, -0.25) is 19.3 Å². The number of carbonyl (C=O) groups is 3. The Morgan fingerprint density at radius 1 is 0.771 bits per heavy atom. The molecule has 35 heavy (non-hydrogen) atoms. The maximum atomic E-state index is 13.1. The first kappa shape index (κ1) is 22.8. The number of benzene rings is 3. The third kappa shape index (κ3) is 4.55. The van der Waals surface area contributed by atoms with Crippen LogP contribution >= 0.6 is 0 Å². The topological polar surface area (TPSA) is 70.2 Å². The lowest BCUT2D eigenvalue weighted by Crippen LogP contribution is -2.52. The number of anilines is 2. The first-order valence-corrected chi connectivity index (χ1v) is 11.7. The van der Waals surface area contributed by atoms with Crippen LogP contribution in [0.15, 0.2) is 78.9 Å². The molecule has 0 bridgehead atoms. The number of hydrogen-bond donors (Lipinski definition) is 0. The lowest BCUT2D eigenvalue weighted by molar-refractivity contribution is -0.123. The highest BCUT2D eigenvalue weighted by atomic mass is 16.5. The zero-order chi connectivity index (χ0) is 24.4. The van der Waals surface area contributed by atoms with Crippen LogP contribution in [0.2, 0.25) is 0 Å². The van der Waals surface area contributed by atoms with Gasteiger partial charge in [-0.05, 0) is 48.5 Å². The Morgan fingerprint density at radius 2 is 1.37 bits per heavy atom. The van der Waals surface area contributed by atoms with E-state index in [0.717, 1.165) is 18.8 Å². The Kier molecular flexibility index (Phi) is 6.33. The summed E-state index contributed by atoms with van der Waals surface area (Å²) >= 11 is 0. The Bertz CT molecular complexity index is 1220. The molecule has 1 atom stereocenters. The summed E-state index contributed by atoms with van der Waals surface area (Å²) in [6, 6.07) is 23.5. The van der Waals surface area contributed by atoms with Crippen molar-refractivity contribution < 1.29 is 19.1 Å². The van der Waals surface area contributed by atoms with Crippen LogP contribution in [-0.4, -0.2) is 61.8 Å². The number of carbonyl (C=O) groups excluding carboxylic acids is 3. The molecule has 0 aliphatic carbocycles. The number of rotatable bonds is 6. The molecule has 0 N–H and O–H groups in total. The van der Waals surface area contributed by atoms with Gasteiger partial charge in [0.25, 0.3) is 5.91 Å². The van der Waals surface area contributed by atoms with E-state index < -0.39 is 6.04 Å². The van der Waals surface area contributed by atoms with Gasteiger partial charge in [-0.25, -0.2) is 4.90 Å². The van der Waals surface area contributed by atoms with Crippen LogP contribution in [0.1, 0.15) is 22.3 Å². The third-order valence-electron chi connectivity index (χ3n) is 6.74. The lowest BCUT2D eigenvalue weighted by Gasteiger charge is -2.38. The number of hydrogen-bond acceptors (Lipinski definition) is 6. The average Bonchev–Trinajstić information content (AvgIpc) is 3.22. The molecule has 5 rings (SSSR count). The Labute approximate surface area is 204 Å². The summed E-state index contributed by atoms with van der Waals surface area (Å²) in [5.74, 6) is 0.342. The number of methoxy groups -OCH3 is 1. The highest BCUT2D eigenvalue weighted by molar-refractivity contribution is 6.22. The molecule has 3 aromatic carbocycles. The zero-order valence-electron chi connectivity index (χ0n) is 19.6. The standard InChI is InChI=1S/C28H27N3O4/c1-35-24-13-11-23(12-14-24)31-26(32)19-25(28(31)34)30-17-15-29(16-18-30)22-9-7-21(8-10-22)27(33)20-5-3-2-4-6-20/h2-14,25H,15-19H2,1H3/t25-/m1/s1. The predicted molar refractivity (Wildman–Crippen MR) is 134 cm³/mol. The van der Waals surface area contributed by atoms with Crippen LogP contribution in [0.3, 0.4) is 0 Å². The summed E-state index contributed by atoms with van der Waals surface area (Å²) in [4.78, 5) is 44.1. The second-order valence-corrected chi connectivity index (χ2v) is 8.75. The van der Waals surface area contributed by atoms with Gasteiger partial charge in [0, 0.05) is 43.0 Å². The summed E-state index contributed by atoms with van der Waals surface area (Å²) in [6.07, 6.45) is 0.196. The van der Waals surface area contributed by atoms with Gasteiger partial charge >= 0.3 is 0 Å². The van der Waals surface area contributed by atoms with Crippen LogP contribution in [0.5, 0.6) is 5.75 Å². The number of amides is 2. The molecule has 3 aromatic rings. The quantitative estimate of drug-likeness (QED) is 0.407. The lowest BCUT2D eigenvalue weighted by atomic mass is 10.0. The summed E-state index contributed by atoms with van der Waals surface area (Å²) in [7, 11) is 1.58. The molecular formula is C28H27N3O4. The monoisotopic (exact) mass is 469 g/mol. The average molecular weight is 470 g/mol. The largest absolute Gasteiger partial charge is 0.497 e. The van der Waals surface area contributed by atoms with E-state index in [1.54, 1.807) is 31.4 Å². The fourth-order valence-electron chi connectivity index (χ4n) is 4.78. The van der Waals surface area contributed by atoms with E-state index in [4.69, 9.17) is 4.74 Å². The second kappa shape index (κ2) is 9.72. The minimum atomic E-state index is -0.433. The molecule has 0 unspecified atom stereocenters. The minimum Gasteiger partial charge on any atom is -0.497 e. The Morgan fingerprint density at radius 3 is 2.00 bits per heavy atom. The van der Waals surface area contributed by atoms with Gasteiger partial charge in [0.2, 0.25) is 5.91 Å². The van der Waals surface area contributed by atoms with Gasteiger partial charge in [-0.1, -0.05) is 30.3 Å². The maximum absolute atomic E-state index is 13.1. The van der Waals surface area contributed by atoms with E-state index >= 15 is 0 Å². The molecule has 2 amide bonds. The molecule has 0 spiro atoms. The van der Waals surface area contributed by atoms with Crippen LogP contribution in [0, 0.1) is 0 Å². The van der Waals surface area contributed by atoms with Crippen LogP contribution < -0.4 is 14.5 Å². The molecule has 7 heteroatoms. The normalized spacial score (nSPS) is 18.7. The van der Waals surface area contributed by atoms with Crippen molar-refractivity contribution in [1.82, 2.24) is 4.90 Å². The maximum Gasteiger partial charge on any atom is 0.251 e. The fourth-order valence-corrected chi connectivity index (χ4v) is 4.78. The van der Waals surface area contributed by atoms with Gasteiger partial charge in [0.1, 0.15) is 5.75 Å². The van der Waals surface area contributed by atoms with Gasteiger partial charge in [0.15, 0.2) is 5.78 Å². The van der Waals surface area contributed by atoms with Crippen molar-refractivity contribution in [2.24, 2.45) is 0 Å². The van der Waals surface area contributed by atoms with Crippen LogP contribution in [-0.2, 0) is 9.59 Å². The zero-order valence-corrected chi connectivity index (χ0v) is 19.6. The molecule has 2 aliphatic heterocycles. The highest BCUT2D eigenvalue weighted by Crippen LogP contribution is 2.28. The molecule has 2 fully saturated rings. The molecule has 2 heterocycles. The molecule has 2 saturated heterocycles. The summed E-state index contributed by atoms with van der Waals surface area (Å²) in [5, 5.41) is 0. The molecule has 2 aliphatic rings. The second-order valence-electron chi connectivity index (χ2n) is 8.75. The summed E-state index contributed by atoms with van der Waals surface area (Å²) in [6.45, 7) is 2.86. The number of ether oxygens (including phenoxy) is 1. The number of imide groups is 1. The van der Waals surface area contributed by atoms with Crippen molar-refractivity contribution in [1.29, 1.82) is 0 Å². The number of nitrogens with zero attached hydrogens (tertiary/aromatic N) is 3. The first-order chi connectivity index (χ1) is 17.0. The predicted octanol–water partition coefficient (Wildman–Crippen LogP) is 3.38. The molecule has 0 aromatic heterocycles. The molecule has 0 saturated carbocycles. The third-order valence-corrected chi connectivity index (χ3v) is 6.74. The van der Waals surface area contributed by atoms with Crippen molar-refractivity contribution in [2.45, 2.75) is 12.5 Å². The molecule has 0 radical (unpaired) electrons. The van der Waals surface area contributed by atoms with Gasteiger partial charge < -0.3 is 9.64 Å². The smallest absolute Gasteiger partial charge is 0.251 e.